The molecule has 2 atom stereocenters. The Hall–Kier alpha value is -0.890. The lowest BCUT2D eigenvalue weighted by atomic mass is 10.2. The second-order valence-electron chi connectivity index (χ2n) is 3.55. The number of aliphatic hydroxyl groups is 1. The fraction of sp³-hybridized carbons (Fsp3) is 0.500. The molecular formula is C10H13NO. The number of hydrogen-bond acceptors (Lipinski definition) is 2. The molecule has 0 amide bonds. The van der Waals surface area contributed by atoms with Crippen molar-refractivity contribution >= 4 is 0 Å². The van der Waals surface area contributed by atoms with Crippen LogP contribution in [0.5, 0.6) is 0 Å². The molecule has 1 saturated carbocycles. The number of rotatable bonds is 2. The maximum absolute atomic E-state index is 8.86. The van der Waals surface area contributed by atoms with Gasteiger partial charge in [-0.2, -0.15) is 0 Å². The Kier molecular flexibility index (Phi) is 1.85. The molecule has 12 heavy (non-hydrogen) atoms. The molecule has 2 nitrogen and oxygen atoms in total. The van der Waals surface area contributed by atoms with Gasteiger partial charge in [0.25, 0.3) is 0 Å². The first-order valence-electron chi connectivity index (χ1n) is 4.34. The summed E-state index contributed by atoms with van der Waals surface area (Å²) in [5.74, 6) is 0.996. The van der Waals surface area contributed by atoms with Crippen LogP contribution in [0.25, 0.3) is 0 Å². The number of pyridine rings is 1. The molecule has 1 unspecified atom stereocenters. The first-order valence-corrected chi connectivity index (χ1v) is 4.34. The monoisotopic (exact) mass is 163 g/mol. The van der Waals surface area contributed by atoms with Crippen LogP contribution < -0.4 is 0 Å². The first-order chi connectivity index (χ1) is 5.81. The van der Waals surface area contributed by atoms with Crippen molar-refractivity contribution in [3.8, 4) is 0 Å². The molecule has 2 heteroatoms. The first kappa shape index (κ1) is 7.74. The summed E-state index contributed by atoms with van der Waals surface area (Å²) < 4.78 is 0. The molecule has 64 valence electrons. The maximum Gasteiger partial charge on any atom is 0.0465 e. The molecule has 1 heterocycles. The van der Waals surface area contributed by atoms with Gasteiger partial charge in [0.15, 0.2) is 0 Å². The molecule has 1 N–H and O–H groups in total. The Bertz CT molecular complexity index is 268. The molecule has 0 radical (unpaired) electrons. The van der Waals surface area contributed by atoms with E-state index < -0.39 is 0 Å². The van der Waals surface area contributed by atoms with E-state index in [0.717, 1.165) is 12.1 Å². The molecule has 0 saturated heterocycles. The minimum atomic E-state index is 0.306. The van der Waals surface area contributed by atoms with Crippen molar-refractivity contribution in [1.29, 1.82) is 0 Å². The van der Waals surface area contributed by atoms with Gasteiger partial charge >= 0.3 is 0 Å². The summed E-state index contributed by atoms with van der Waals surface area (Å²) in [6.45, 7) is 2.34. The summed E-state index contributed by atoms with van der Waals surface area (Å²) >= 11 is 0. The third-order valence-corrected chi connectivity index (χ3v) is 2.47. The molecule has 2 rings (SSSR count). The van der Waals surface area contributed by atoms with Gasteiger partial charge in [-0.25, -0.2) is 0 Å². The van der Waals surface area contributed by atoms with Crippen LogP contribution in [0.1, 0.15) is 23.6 Å². The van der Waals surface area contributed by atoms with Crippen molar-refractivity contribution in [3.05, 3.63) is 29.6 Å². The molecule has 1 aliphatic rings. The number of nitrogens with zero attached hydrogens (tertiary/aromatic N) is 1. The topological polar surface area (TPSA) is 33.1 Å². The van der Waals surface area contributed by atoms with Gasteiger partial charge in [-0.05, 0) is 30.9 Å². The SMILES string of the molecule is Cc1ccc(C2C[C@H]2CO)nc1. The van der Waals surface area contributed by atoms with Crippen molar-refractivity contribution in [2.75, 3.05) is 6.61 Å². The average molecular weight is 163 g/mol. The Morgan fingerprint density at radius 1 is 1.58 bits per heavy atom. The lowest BCUT2D eigenvalue weighted by Gasteiger charge is -1.97. The lowest BCUT2D eigenvalue weighted by Crippen LogP contribution is -1.91. The Labute approximate surface area is 72.3 Å². The highest BCUT2D eigenvalue weighted by Crippen LogP contribution is 2.45. The van der Waals surface area contributed by atoms with Gasteiger partial charge in [-0.15, -0.1) is 0 Å². The van der Waals surface area contributed by atoms with Gasteiger partial charge in [-0.1, -0.05) is 6.07 Å². The second-order valence-corrected chi connectivity index (χ2v) is 3.55. The number of aliphatic hydroxyl groups excluding tert-OH is 1. The fourth-order valence-electron chi connectivity index (χ4n) is 1.51. The van der Waals surface area contributed by atoms with Gasteiger partial charge in [0.2, 0.25) is 0 Å². The van der Waals surface area contributed by atoms with Crippen LogP contribution in [0.4, 0.5) is 0 Å². The van der Waals surface area contributed by atoms with Crippen LogP contribution in [-0.4, -0.2) is 16.7 Å². The van der Waals surface area contributed by atoms with Crippen molar-refractivity contribution in [2.45, 2.75) is 19.3 Å². The molecule has 1 aliphatic carbocycles. The second kappa shape index (κ2) is 2.87. The predicted octanol–water partition coefficient (Wildman–Crippen LogP) is 1.49. The van der Waals surface area contributed by atoms with Crippen LogP contribution in [0.2, 0.25) is 0 Å². The van der Waals surface area contributed by atoms with Gasteiger partial charge in [-0.3, -0.25) is 4.98 Å². The minimum absolute atomic E-state index is 0.306. The summed E-state index contributed by atoms with van der Waals surface area (Å²) in [5, 5.41) is 8.86. The standard InChI is InChI=1S/C10H13NO/c1-7-2-3-10(11-5-7)9-4-8(9)6-12/h2-3,5,8-9,12H,4,6H2,1H3/t8-,9?/m0/s1. The Balaban J connectivity index is 2.10. The third-order valence-electron chi connectivity index (χ3n) is 2.47. The summed E-state index contributed by atoms with van der Waals surface area (Å²) in [5.41, 5.74) is 2.33. The Morgan fingerprint density at radius 3 is 2.92 bits per heavy atom. The van der Waals surface area contributed by atoms with Crippen molar-refractivity contribution in [2.24, 2.45) is 5.92 Å². The fourth-order valence-corrected chi connectivity index (χ4v) is 1.51. The minimum Gasteiger partial charge on any atom is -0.396 e. The third kappa shape index (κ3) is 1.34. The van der Waals surface area contributed by atoms with E-state index in [-0.39, 0.29) is 0 Å². The van der Waals surface area contributed by atoms with E-state index in [1.54, 1.807) is 0 Å². The average Bonchev–Trinajstić information content (AvgIpc) is 2.85. The molecule has 1 aromatic heterocycles. The molecule has 0 aromatic carbocycles. The molecule has 0 spiro atoms. The number of hydrogen-bond donors (Lipinski definition) is 1. The van der Waals surface area contributed by atoms with Gasteiger partial charge in [0.1, 0.15) is 0 Å². The highest BCUT2D eigenvalue weighted by Gasteiger charge is 2.38. The summed E-state index contributed by atoms with van der Waals surface area (Å²) in [4.78, 5) is 4.33. The van der Waals surface area contributed by atoms with Crippen molar-refractivity contribution < 1.29 is 5.11 Å². The summed E-state index contributed by atoms with van der Waals surface area (Å²) in [7, 11) is 0. The predicted molar refractivity (Wildman–Crippen MR) is 46.9 cm³/mol. The highest BCUT2D eigenvalue weighted by molar-refractivity contribution is 5.20. The van der Waals surface area contributed by atoms with E-state index in [0.29, 0.717) is 18.4 Å². The Morgan fingerprint density at radius 2 is 2.42 bits per heavy atom. The van der Waals surface area contributed by atoms with E-state index in [9.17, 15) is 0 Å². The van der Waals surface area contributed by atoms with E-state index in [1.165, 1.54) is 5.56 Å². The molecule has 1 aromatic rings. The number of aromatic nitrogens is 1. The number of aryl methyl sites for hydroxylation is 1. The molecule has 0 bridgehead atoms. The zero-order valence-corrected chi connectivity index (χ0v) is 7.20. The summed E-state index contributed by atoms with van der Waals surface area (Å²) in [6.07, 6.45) is 2.99. The normalized spacial score (nSPS) is 27.2. The quantitative estimate of drug-likeness (QED) is 0.716. The molecule has 1 fully saturated rings. The van der Waals surface area contributed by atoms with E-state index in [4.69, 9.17) is 5.11 Å². The largest absolute Gasteiger partial charge is 0.396 e. The summed E-state index contributed by atoms with van der Waals surface area (Å²) in [6, 6.07) is 4.14. The smallest absolute Gasteiger partial charge is 0.0465 e. The van der Waals surface area contributed by atoms with E-state index in [2.05, 4.69) is 17.1 Å². The van der Waals surface area contributed by atoms with Crippen LogP contribution in [0.3, 0.4) is 0 Å². The van der Waals surface area contributed by atoms with Crippen LogP contribution >= 0.6 is 0 Å². The van der Waals surface area contributed by atoms with Crippen LogP contribution in [-0.2, 0) is 0 Å². The van der Waals surface area contributed by atoms with Crippen LogP contribution in [0.15, 0.2) is 18.3 Å². The van der Waals surface area contributed by atoms with E-state index in [1.807, 2.05) is 13.1 Å². The van der Waals surface area contributed by atoms with Crippen molar-refractivity contribution in [1.82, 2.24) is 4.98 Å². The maximum atomic E-state index is 8.86. The highest BCUT2D eigenvalue weighted by atomic mass is 16.3. The van der Waals surface area contributed by atoms with Gasteiger partial charge in [0.05, 0.1) is 0 Å². The lowest BCUT2D eigenvalue weighted by molar-refractivity contribution is 0.273. The van der Waals surface area contributed by atoms with Gasteiger partial charge in [0, 0.05) is 24.4 Å². The van der Waals surface area contributed by atoms with Crippen molar-refractivity contribution in [3.63, 3.8) is 0 Å². The van der Waals surface area contributed by atoms with E-state index >= 15 is 0 Å². The zero-order chi connectivity index (χ0) is 8.55. The van der Waals surface area contributed by atoms with Gasteiger partial charge < -0.3 is 5.11 Å². The molecular weight excluding hydrogens is 150 g/mol. The zero-order valence-electron chi connectivity index (χ0n) is 7.20. The molecule has 0 aliphatic heterocycles. The van der Waals surface area contributed by atoms with Crippen LogP contribution in [0, 0.1) is 12.8 Å².